The maximum absolute atomic E-state index is 11.8. The van der Waals surface area contributed by atoms with E-state index in [1.54, 1.807) is 30.3 Å². The van der Waals surface area contributed by atoms with Crippen molar-refractivity contribution in [1.29, 1.82) is 0 Å². The molecule has 0 aliphatic heterocycles. The Labute approximate surface area is 138 Å². The summed E-state index contributed by atoms with van der Waals surface area (Å²) in [5.41, 5.74) is 1.83. The van der Waals surface area contributed by atoms with Crippen LogP contribution in [0.1, 0.15) is 11.1 Å². The molecule has 1 heterocycles. The summed E-state index contributed by atoms with van der Waals surface area (Å²) in [6.07, 6.45) is 0. The predicted octanol–water partition coefficient (Wildman–Crippen LogP) is 3.39. The number of benzene rings is 2. The fourth-order valence-electron chi connectivity index (χ4n) is 2.38. The van der Waals surface area contributed by atoms with Crippen LogP contribution in [0.15, 0.2) is 57.7 Å². The molecule has 0 aliphatic rings. The van der Waals surface area contributed by atoms with Crippen LogP contribution < -0.4 is 15.1 Å². The van der Waals surface area contributed by atoms with Crippen LogP contribution in [0.3, 0.4) is 0 Å². The van der Waals surface area contributed by atoms with E-state index in [1.165, 1.54) is 6.07 Å². The van der Waals surface area contributed by atoms with Gasteiger partial charge in [-0.05, 0) is 49.2 Å². The van der Waals surface area contributed by atoms with Crippen molar-refractivity contribution in [3.63, 3.8) is 0 Å². The highest BCUT2D eigenvalue weighted by Gasteiger charge is 2.08. The van der Waals surface area contributed by atoms with E-state index in [-0.39, 0.29) is 6.61 Å². The number of rotatable bonds is 4. The van der Waals surface area contributed by atoms with E-state index in [2.05, 4.69) is 0 Å². The second-order valence-electron chi connectivity index (χ2n) is 5.49. The first-order chi connectivity index (χ1) is 11.5. The van der Waals surface area contributed by atoms with Gasteiger partial charge in [-0.3, -0.25) is 0 Å². The minimum atomic E-state index is -0.508. The Morgan fingerprint density at radius 1 is 1.04 bits per heavy atom. The molecule has 0 radical (unpaired) electrons. The van der Waals surface area contributed by atoms with Crippen LogP contribution in [-0.2, 0) is 4.79 Å². The van der Waals surface area contributed by atoms with Gasteiger partial charge in [0.05, 0.1) is 0 Å². The van der Waals surface area contributed by atoms with Gasteiger partial charge in [-0.15, -0.1) is 0 Å². The molecule has 0 N–H and O–H groups in total. The van der Waals surface area contributed by atoms with Crippen LogP contribution in [0.25, 0.3) is 11.0 Å². The third-order valence-corrected chi connectivity index (χ3v) is 3.50. The third kappa shape index (κ3) is 3.63. The number of fused-ring (bicyclic) bond motifs is 1. The highest BCUT2D eigenvalue weighted by atomic mass is 16.6. The molecule has 2 aromatic carbocycles. The first-order valence-corrected chi connectivity index (χ1v) is 7.46. The zero-order valence-electron chi connectivity index (χ0n) is 13.4. The van der Waals surface area contributed by atoms with Gasteiger partial charge >= 0.3 is 11.6 Å². The number of carbonyl (C=O) groups excluding carboxylic acids is 1. The zero-order valence-corrected chi connectivity index (χ0v) is 13.4. The topological polar surface area (TPSA) is 65.7 Å². The van der Waals surface area contributed by atoms with Gasteiger partial charge in [0.25, 0.3) is 0 Å². The Morgan fingerprint density at radius 3 is 2.67 bits per heavy atom. The summed E-state index contributed by atoms with van der Waals surface area (Å²) in [5, 5.41) is 0.823. The maximum atomic E-state index is 11.8. The van der Waals surface area contributed by atoms with Crippen molar-refractivity contribution < 1.29 is 18.7 Å². The molecule has 3 rings (SSSR count). The van der Waals surface area contributed by atoms with Crippen molar-refractivity contribution in [2.75, 3.05) is 6.61 Å². The predicted molar refractivity (Wildman–Crippen MR) is 89.5 cm³/mol. The summed E-state index contributed by atoms with van der Waals surface area (Å²) >= 11 is 0. The molecule has 3 aromatic rings. The molecular weight excluding hydrogens is 308 g/mol. The molecule has 0 saturated carbocycles. The molecule has 0 spiro atoms. The Kier molecular flexibility index (Phi) is 4.33. The van der Waals surface area contributed by atoms with Crippen molar-refractivity contribution in [2.24, 2.45) is 0 Å². The smallest absolute Gasteiger partial charge is 0.349 e. The SMILES string of the molecule is Cc1cccc(OC(=O)COc2ccc3c(C)cc(=O)oc3c2)c1. The van der Waals surface area contributed by atoms with E-state index in [9.17, 15) is 9.59 Å². The number of hydrogen-bond donors (Lipinski definition) is 0. The highest BCUT2D eigenvalue weighted by Crippen LogP contribution is 2.22. The van der Waals surface area contributed by atoms with E-state index in [0.29, 0.717) is 17.1 Å². The summed E-state index contributed by atoms with van der Waals surface area (Å²) in [7, 11) is 0. The normalized spacial score (nSPS) is 10.6. The molecule has 0 bridgehead atoms. The Bertz CT molecular complexity index is 955. The third-order valence-electron chi connectivity index (χ3n) is 3.50. The number of ether oxygens (including phenoxy) is 2. The zero-order chi connectivity index (χ0) is 17.1. The van der Waals surface area contributed by atoms with Crippen LogP contribution in [0.2, 0.25) is 0 Å². The summed E-state index contributed by atoms with van der Waals surface area (Å²) in [4.78, 5) is 23.3. The minimum absolute atomic E-state index is 0.241. The summed E-state index contributed by atoms with van der Waals surface area (Å²) in [5.74, 6) is 0.396. The summed E-state index contributed by atoms with van der Waals surface area (Å²) in [6, 6.07) is 13.7. The quantitative estimate of drug-likeness (QED) is 0.418. The van der Waals surface area contributed by atoms with E-state index in [4.69, 9.17) is 13.9 Å². The van der Waals surface area contributed by atoms with Gasteiger partial charge in [0, 0.05) is 17.5 Å². The van der Waals surface area contributed by atoms with Gasteiger partial charge in [0.15, 0.2) is 6.61 Å². The van der Waals surface area contributed by atoms with Crippen molar-refractivity contribution >= 4 is 16.9 Å². The minimum Gasteiger partial charge on any atom is -0.482 e. The largest absolute Gasteiger partial charge is 0.482 e. The van der Waals surface area contributed by atoms with Gasteiger partial charge < -0.3 is 13.9 Å². The second-order valence-corrected chi connectivity index (χ2v) is 5.49. The lowest BCUT2D eigenvalue weighted by atomic mass is 10.1. The van der Waals surface area contributed by atoms with E-state index in [0.717, 1.165) is 16.5 Å². The Hall–Kier alpha value is -3.08. The summed E-state index contributed by atoms with van der Waals surface area (Å²) in [6.45, 7) is 3.51. The van der Waals surface area contributed by atoms with Crippen LogP contribution in [0, 0.1) is 13.8 Å². The van der Waals surface area contributed by atoms with E-state index in [1.807, 2.05) is 26.0 Å². The molecule has 0 aliphatic carbocycles. The average molecular weight is 324 g/mol. The molecule has 24 heavy (non-hydrogen) atoms. The fourth-order valence-corrected chi connectivity index (χ4v) is 2.38. The first kappa shape index (κ1) is 15.8. The van der Waals surface area contributed by atoms with Crippen molar-refractivity contribution in [3.8, 4) is 11.5 Å². The molecule has 0 fully saturated rings. The van der Waals surface area contributed by atoms with Gasteiger partial charge in [-0.2, -0.15) is 0 Å². The van der Waals surface area contributed by atoms with Crippen LogP contribution in [-0.4, -0.2) is 12.6 Å². The number of aryl methyl sites for hydroxylation is 2. The van der Waals surface area contributed by atoms with Gasteiger partial charge in [0.2, 0.25) is 0 Å². The molecule has 0 unspecified atom stereocenters. The Morgan fingerprint density at radius 2 is 1.88 bits per heavy atom. The highest BCUT2D eigenvalue weighted by molar-refractivity contribution is 5.81. The number of carbonyl (C=O) groups is 1. The van der Waals surface area contributed by atoms with E-state index < -0.39 is 11.6 Å². The van der Waals surface area contributed by atoms with E-state index >= 15 is 0 Å². The fraction of sp³-hybridized carbons (Fsp3) is 0.158. The molecule has 5 nitrogen and oxygen atoms in total. The van der Waals surface area contributed by atoms with Gasteiger partial charge in [0.1, 0.15) is 17.1 Å². The van der Waals surface area contributed by atoms with Crippen molar-refractivity contribution in [3.05, 3.63) is 70.1 Å². The average Bonchev–Trinajstić information content (AvgIpc) is 2.52. The number of hydrogen-bond acceptors (Lipinski definition) is 5. The summed E-state index contributed by atoms with van der Waals surface area (Å²) < 4.78 is 15.8. The lowest BCUT2D eigenvalue weighted by Gasteiger charge is -2.08. The number of esters is 1. The van der Waals surface area contributed by atoms with Gasteiger partial charge in [-0.25, -0.2) is 9.59 Å². The molecule has 0 atom stereocenters. The van der Waals surface area contributed by atoms with Crippen molar-refractivity contribution in [2.45, 2.75) is 13.8 Å². The maximum Gasteiger partial charge on any atom is 0.349 e. The van der Waals surface area contributed by atoms with Crippen LogP contribution >= 0.6 is 0 Å². The molecule has 1 aromatic heterocycles. The lowest BCUT2D eigenvalue weighted by molar-refractivity contribution is -0.136. The monoisotopic (exact) mass is 324 g/mol. The lowest BCUT2D eigenvalue weighted by Crippen LogP contribution is -2.17. The molecule has 0 saturated heterocycles. The molecule has 5 heteroatoms. The van der Waals surface area contributed by atoms with Gasteiger partial charge in [-0.1, -0.05) is 12.1 Å². The molecular formula is C19H16O5. The standard InChI is InChI=1S/C19H16O5/c1-12-4-3-5-15(8-12)23-19(21)11-22-14-6-7-16-13(2)9-18(20)24-17(16)10-14/h3-10H,11H2,1-2H3. The van der Waals surface area contributed by atoms with Crippen LogP contribution in [0.5, 0.6) is 11.5 Å². The first-order valence-electron chi connectivity index (χ1n) is 7.46. The second kappa shape index (κ2) is 6.58. The Balaban J connectivity index is 1.69. The molecule has 122 valence electrons. The van der Waals surface area contributed by atoms with Crippen LogP contribution in [0.4, 0.5) is 0 Å². The van der Waals surface area contributed by atoms with Crippen molar-refractivity contribution in [1.82, 2.24) is 0 Å². The molecule has 0 amide bonds.